The van der Waals surface area contributed by atoms with E-state index in [1.54, 1.807) is 17.7 Å². The van der Waals surface area contributed by atoms with Crippen molar-refractivity contribution in [1.82, 2.24) is 15.3 Å². The van der Waals surface area contributed by atoms with Crippen molar-refractivity contribution < 1.29 is 4.79 Å². The minimum Gasteiger partial charge on any atom is -0.351 e. The van der Waals surface area contributed by atoms with Gasteiger partial charge in [-0.15, -0.1) is 11.3 Å². The summed E-state index contributed by atoms with van der Waals surface area (Å²) in [6.45, 7) is 0.563. The first-order chi connectivity index (χ1) is 12.3. The lowest BCUT2D eigenvalue weighted by Crippen LogP contribution is -2.24. The van der Waals surface area contributed by atoms with Crippen LogP contribution >= 0.6 is 23.1 Å². The van der Waals surface area contributed by atoms with E-state index in [1.807, 2.05) is 30.3 Å². The Labute approximate surface area is 155 Å². The monoisotopic (exact) mass is 369 g/mol. The molecule has 0 unspecified atom stereocenters. The molecule has 4 nitrogen and oxygen atoms in total. The Bertz CT molecular complexity index is 892. The molecule has 0 aliphatic heterocycles. The Morgan fingerprint density at radius 1 is 1.16 bits per heavy atom. The molecule has 0 bridgehead atoms. The molecule has 3 aromatic rings. The number of hydrogen-bond acceptors (Lipinski definition) is 5. The fourth-order valence-electron chi connectivity index (χ4n) is 3.15. The van der Waals surface area contributed by atoms with Crippen molar-refractivity contribution in [2.75, 3.05) is 5.75 Å². The minimum atomic E-state index is 0.0321. The quantitative estimate of drug-likeness (QED) is 0.546. The van der Waals surface area contributed by atoms with Crippen LogP contribution < -0.4 is 5.32 Å². The van der Waals surface area contributed by atoms with E-state index in [4.69, 9.17) is 0 Å². The number of thiophene rings is 1. The van der Waals surface area contributed by atoms with Crippen LogP contribution in [0.15, 0.2) is 41.7 Å². The number of carbonyl (C=O) groups excluding carboxylic acids is 1. The van der Waals surface area contributed by atoms with Crippen LogP contribution in [0.25, 0.3) is 10.2 Å². The Morgan fingerprint density at radius 2 is 2.00 bits per heavy atom. The minimum absolute atomic E-state index is 0.0321. The number of thioether (sulfide) groups is 1. The second kappa shape index (κ2) is 7.54. The fraction of sp³-hybridized carbons (Fsp3) is 0.316. The first-order valence-corrected chi connectivity index (χ1v) is 10.3. The van der Waals surface area contributed by atoms with E-state index in [-0.39, 0.29) is 5.91 Å². The lowest BCUT2D eigenvalue weighted by molar-refractivity contribution is -0.118. The summed E-state index contributed by atoms with van der Waals surface area (Å²) < 4.78 is 0. The lowest BCUT2D eigenvalue weighted by atomic mass is 9.97. The summed E-state index contributed by atoms with van der Waals surface area (Å²) in [6, 6.07) is 9.96. The first-order valence-electron chi connectivity index (χ1n) is 8.50. The third-order valence-corrected chi connectivity index (χ3v) is 6.58. The second-order valence-electron chi connectivity index (χ2n) is 6.12. The summed E-state index contributed by atoms with van der Waals surface area (Å²) in [5, 5.41) is 5.10. The zero-order valence-corrected chi connectivity index (χ0v) is 15.5. The smallest absolute Gasteiger partial charge is 0.230 e. The molecule has 0 fully saturated rings. The van der Waals surface area contributed by atoms with Crippen LogP contribution in [0.4, 0.5) is 0 Å². The molecule has 25 heavy (non-hydrogen) atoms. The van der Waals surface area contributed by atoms with Crippen molar-refractivity contribution >= 4 is 39.2 Å². The summed E-state index contributed by atoms with van der Waals surface area (Å²) in [5.74, 6) is 0.411. The molecule has 2 aromatic heterocycles. The van der Waals surface area contributed by atoms with E-state index in [0.717, 1.165) is 28.3 Å². The Hall–Kier alpha value is -1.92. The number of nitrogens with one attached hydrogen (secondary N) is 1. The zero-order valence-electron chi connectivity index (χ0n) is 13.8. The number of benzene rings is 1. The number of aromatic nitrogens is 2. The van der Waals surface area contributed by atoms with Crippen LogP contribution in [0.3, 0.4) is 0 Å². The van der Waals surface area contributed by atoms with Gasteiger partial charge in [-0.1, -0.05) is 42.1 Å². The molecule has 128 valence electrons. The summed E-state index contributed by atoms with van der Waals surface area (Å²) in [4.78, 5) is 23.6. The summed E-state index contributed by atoms with van der Waals surface area (Å²) in [6.07, 6.45) is 6.37. The predicted molar refractivity (Wildman–Crippen MR) is 103 cm³/mol. The Kier molecular flexibility index (Phi) is 4.99. The van der Waals surface area contributed by atoms with Crippen LogP contribution in [0.2, 0.25) is 0 Å². The van der Waals surface area contributed by atoms with Crippen molar-refractivity contribution in [3.63, 3.8) is 0 Å². The molecule has 2 heterocycles. The van der Waals surface area contributed by atoms with Gasteiger partial charge in [0, 0.05) is 16.8 Å². The van der Waals surface area contributed by atoms with Gasteiger partial charge in [0.05, 0.1) is 5.75 Å². The molecule has 4 rings (SSSR count). The number of amides is 1. The van der Waals surface area contributed by atoms with Gasteiger partial charge in [0.25, 0.3) is 0 Å². The van der Waals surface area contributed by atoms with Gasteiger partial charge in [0.15, 0.2) is 0 Å². The van der Waals surface area contributed by atoms with Crippen LogP contribution in [-0.4, -0.2) is 21.6 Å². The first kappa shape index (κ1) is 16.5. The highest BCUT2D eigenvalue weighted by atomic mass is 32.2. The molecule has 1 aromatic carbocycles. The average molecular weight is 370 g/mol. The number of hydrogen-bond donors (Lipinski definition) is 1. The van der Waals surface area contributed by atoms with Crippen LogP contribution in [0.1, 0.15) is 28.8 Å². The maximum Gasteiger partial charge on any atom is 0.230 e. The maximum absolute atomic E-state index is 12.2. The zero-order chi connectivity index (χ0) is 17.1. The van der Waals surface area contributed by atoms with E-state index in [1.165, 1.54) is 40.4 Å². The summed E-state index contributed by atoms with van der Waals surface area (Å²) in [5.41, 5.74) is 2.52. The molecule has 0 saturated heterocycles. The summed E-state index contributed by atoms with van der Waals surface area (Å²) >= 11 is 3.30. The van der Waals surface area contributed by atoms with Crippen LogP contribution in [0, 0.1) is 0 Å². The topological polar surface area (TPSA) is 54.9 Å². The normalized spacial score (nSPS) is 13.6. The maximum atomic E-state index is 12.2. The molecule has 0 saturated carbocycles. The van der Waals surface area contributed by atoms with E-state index in [0.29, 0.717) is 12.3 Å². The second-order valence-corrected chi connectivity index (χ2v) is 8.17. The molecular weight excluding hydrogens is 350 g/mol. The van der Waals surface area contributed by atoms with Gasteiger partial charge in [-0.3, -0.25) is 4.79 Å². The highest BCUT2D eigenvalue weighted by molar-refractivity contribution is 8.00. The van der Waals surface area contributed by atoms with E-state index in [9.17, 15) is 4.79 Å². The fourth-order valence-corrected chi connectivity index (χ4v) is 5.30. The van der Waals surface area contributed by atoms with Gasteiger partial charge in [-0.05, 0) is 36.8 Å². The third kappa shape index (κ3) is 3.70. The van der Waals surface area contributed by atoms with Crippen molar-refractivity contribution in [2.45, 2.75) is 37.3 Å². The van der Waals surface area contributed by atoms with E-state index >= 15 is 0 Å². The predicted octanol–water partition coefficient (Wildman–Crippen LogP) is 3.98. The van der Waals surface area contributed by atoms with Crippen molar-refractivity contribution in [1.29, 1.82) is 0 Å². The van der Waals surface area contributed by atoms with Gasteiger partial charge >= 0.3 is 0 Å². The number of fused-ring (bicyclic) bond motifs is 3. The molecule has 1 aliphatic carbocycles. The van der Waals surface area contributed by atoms with Crippen LogP contribution in [-0.2, 0) is 24.2 Å². The molecule has 0 spiro atoms. The van der Waals surface area contributed by atoms with Gasteiger partial charge in [0.2, 0.25) is 5.91 Å². The molecule has 0 radical (unpaired) electrons. The highest BCUT2D eigenvalue weighted by Gasteiger charge is 2.20. The van der Waals surface area contributed by atoms with Gasteiger partial charge < -0.3 is 5.32 Å². The van der Waals surface area contributed by atoms with Crippen molar-refractivity contribution in [3.8, 4) is 0 Å². The third-order valence-electron chi connectivity index (χ3n) is 4.39. The molecule has 1 N–H and O–H groups in total. The highest BCUT2D eigenvalue weighted by Crippen LogP contribution is 2.39. The molecular formula is C19H19N3OS2. The molecule has 6 heteroatoms. The molecule has 0 atom stereocenters. The number of carbonyl (C=O) groups is 1. The average Bonchev–Trinajstić information content (AvgIpc) is 3.04. The molecule has 1 amide bonds. The number of nitrogens with zero attached hydrogens (tertiary/aromatic N) is 2. The number of rotatable bonds is 5. The molecule has 1 aliphatic rings. The van der Waals surface area contributed by atoms with Crippen LogP contribution in [0.5, 0.6) is 0 Å². The van der Waals surface area contributed by atoms with E-state index < -0.39 is 0 Å². The van der Waals surface area contributed by atoms with Crippen molar-refractivity contribution in [3.05, 3.63) is 52.7 Å². The van der Waals surface area contributed by atoms with Gasteiger partial charge in [-0.2, -0.15) is 0 Å². The van der Waals surface area contributed by atoms with E-state index in [2.05, 4.69) is 15.3 Å². The van der Waals surface area contributed by atoms with Gasteiger partial charge in [-0.25, -0.2) is 9.97 Å². The SMILES string of the molecule is O=C(CSc1ncnc2sc3c(c12)CCCC3)NCc1ccccc1. The lowest BCUT2D eigenvalue weighted by Gasteiger charge is -2.11. The van der Waals surface area contributed by atoms with Crippen molar-refractivity contribution in [2.24, 2.45) is 0 Å². The van der Waals surface area contributed by atoms with Gasteiger partial charge in [0.1, 0.15) is 16.2 Å². The number of aryl methyl sites for hydroxylation is 2. The summed E-state index contributed by atoms with van der Waals surface area (Å²) in [7, 11) is 0. The largest absolute Gasteiger partial charge is 0.351 e. The standard InChI is InChI=1S/C19H19N3OS2/c23-16(20-10-13-6-2-1-3-7-13)11-24-18-17-14-8-4-5-9-15(14)25-19(17)22-12-21-18/h1-3,6-7,12H,4-5,8-11H2,(H,20,23). The Morgan fingerprint density at radius 3 is 2.88 bits per heavy atom. The Balaban J connectivity index is 1.44.